The van der Waals surface area contributed by atoms with Crippen molar-refractivity contribution in [2.75, 3.05) is 0 Å². The molecule has 0 atom stereocenters. The van der Waals surface area contributed by atoms with Gasteiger partial charge in [-0.25, -0.2) is 13.2 Å². The van der Waals surface area contributed by atoms with Crippen LogP contribution in [0, 0.1) is 17.5 Å². The van der Waals surface area contributed by atoms with Gasteiger partial charge < -0.3 is 0 Å². The Bertz CT molecular complexity index is 286. The van der Waals surface area contributed by atoms with Gasteiger partial charge in [0.2, 0.25) is 0 Å². The molecule has 1 aromatic rings. The molecule has 0 aliphatic heterocycles. The van der Waals surface area contributed by atoms with Gasteiger partial charge in [-0.15, -0.1) is 0 Å². The molecule has 1 rings (SSSR count). The van der Waals surface area contributed by atoms with Crippen LogP contribution in [-0.4, -0.2) is 7.28 Å². The maximum absolute atomic E-state index is 12.8. The van der Waals surface area contributed by atoms with E-state index in [0.29, 0.717) is 19.7 Å². The molecule has 0 aliphatic rings. The molecule has 0 spiro atoms. The summed E-state index contributed by atoms with van der Waals surface area (Å²) in [6.45, 7) is 1.85. The summed E-state index contributed by atoms with van der Waals surface area (Å²) in [7, 11) is 0.710. The molecule has 0 unspecified atom stereocenters. The van der Waals surface area contributed by atoms with Gasteiger partial charge in [-0.05, 0) is 17.9 Å². The molecular weight excluding hydrogens is 164 g/mol. The minimum atomic E-state index is -1.13. The van der Waals surface area contributed by atoms with Gasteiger partial charge in [-0.1, -0.05) is 6.82 Å². The Hall–Kier alpha value is -0.925. The molecule has 0 saturated heterocycles. The van der Waals surface area contributed by atoms with Crippen LogP contribution in [0.5, 0.6) is 0 Å². The van der Waals surface area contributed by atoms with E-state index in [1.807, 2.05) is 6.82 Å². The first-order chi connectivity index (χ1) is 5.65. The third-order valence-corrected chi connectivity index (χ3v) is 1.61. The van der Waals surface area contributed by atoms with Crippen molar-refractivity contribution < 1.29 is 13.2 Å². The van der Waals surface area contributed by atoms with Crippen molar-refractivity contribution in [3.8, 4) is 0 Å². The highest BCUT2D eigenvalue weighted by Gasteiger charge is 2.08. The third kappa shape index (κ3) is 1.81. The summed E-state index contributed by atoms with van der Waals surface area (Å²) in [6.07, 6.45) is 0.434. The summed E-state index contributed by atoms with van der Waals surface area (Å²) < 4.78 is 37.7. The van der Waals surface area contributed by atoms with E-state index in [1.165, 1.54) is 0 Å². The first kappa shape index (κ1) is 9.17. The largest absolute Gasteiger partial charge is 0.207 e. The predicted molar refractivity (Wildman–Crippen MR) is 43.0 cm³/mol. The summed E-state index contributed by atoms with van der Waals surface area (Å²) in [6, 6.07) is 1.49. The van der Waals surface area contributed by atoms with Crippen LogP contribution in [0.25, 0.3) is 0 Å². The molecule has 0 heterocycles. The zero-order valence-electron chi connectivity index (χ0n) is 6.70. The Morgan fingerprint density at radius 2 is 1.67 bits per heavy atom. The zero-order chi connectivity index (χ0) is 9.14. The van der Waals surface area contributed by atoms with Gasteiger partial charge in [0, 0.05) is 6.07 Å². The minimum absolute atomic E-state index is 0.233. The van der Waals surface area contributed by atoms with Gasteiger partial charge in [0.05, 0.1) is 0 Å². The fraction of sp³-hybridized carbons (Fsp3) is 0.250. The van der Waals surface area contributed by atoms with Crippen LogP contribution in [-0.2, 0) is 6.32 Å². The second kappa shape index (κ2) is 3.65. The summed E-state index contributed by atoms with van der Waals surface area (Å²) >= 11 is 0. The Labute approximate surface area is 69.6 Å². The molecule has 0 saturated carbocycles. The first-order valence-electron chi connectivity index (χ1n) is 3.78. The van der Waals surface area contributed by atoms with Crippen LogP contribution < -0.4 is 0 Å². The highest BCUT2D eigenvalue weighted by atomic mass is 19.2. The average Bonchev–Trinajstić information content (AvgIpc) is 2.01. The summed E-state index contributed by atoms with van der Waals surface area (Å²) in [5, 5.41) is 0. The number of hydrogen-bond donors (Lipinski definition) is 0. The van der Waals surface area contributed by atoms with Crippen molar-refractivity contribution in [2.24, 2.45) is 0 Å². The lowest BCUT2D eigenvalue weighted by atomic mass is 9.75. The van der Waals surface area contributed by atoms with Crippen molar-refractivity contribution in [3.63, 3.8) is 0 Å². The number of hydrogen-bond acceptors (Lipinski definition) is 0. The maximum atomic E-state index is 12.8. The highest BCUT2D eigenvalue weighted by Crippen LogP contribution is 2.13. The molecule has 0 amide bonds. The number of benzene rings is 1. The van der Waals surface area contributed by atoms with Crippen LogP contribution in [0.4, 0.5) is 13.2 Å². The quantitative estimate of drug-likeness (QED) is 0.473. The molecule has 12 heavy (non-hydrogen) atoms. The Balaban J connectivity index is 3.05. The molecule has 64 valence electrons. The third-order valence-electron chi connectivity index (χ3n) is 1.61. The average molecular weight is 172 g/mol. The number of rotatable bonds is 2. The van der Waals surface area contributed by atoms with Crippen molar-refractivity contribution in [1.29, 1.82) is 0 Å². The summed E-state index contributed by atoms with van der Waals surface area (Å²) in [5.41, 5.74) is 0.233. The van der Waals surface area contributed by atoms with Gasteiger partial charge in [-0.3, -0.25) is 0 Å². The molecule has 0 N–H and O–H groups in total. The standard InChI is InChI=1S/C8H8BF3/c1-9-4-5-2-7(11)8(12)3-6(5)10/h2-3,9H,4H2,1H3. The molecule has 0 fully saturated rings. The molecule has 0 aliphatic carbocycles. The normalized spacial score (nSPS) is 10.0. The Morgan fingerprint density at radius 1 is 1.08 bits per heavy atom. The van der Waals surface area contributed by atoms with Gasteiger partial charge in [0.15, 0.2) is 11.6 Å². The summed E-state index contributed by atoms with van der Waals surface area (Å²) in [5.74, 6) is -2.79. The van der Waals surface area contributed by atoms with Crippen molar-refractivity contribution in [3.05, 3.63) is 35.1 Å². The monoisotopic (exact) mass is 172 g/mol. The van der Waals surface area contributed by atoms with Gasteiger partial charge in [-0.2, -0.15) is 0 Å². The maximum Gasteiger partial charge on any atom is 0.161 e. The van der Waals surface area contributed by atoms with E-state index < -0.39 is 17.5 Å². The fourth-order valence-corrected chi connectivity index (χ4v) is 1.02. The smallest absolute Gasteiger partial charge is 0.161 e. The van der Waals surface area contributed by atoms with Gasteiger partial charge >= 0.3 is 0 Å². The van der Waals surface area contributed by atoms with E-state index in [0.717, 1.165) is 6.07 Å². The van der Waals surface area contributed by atoms with Crippen molar-refractivity contribution in [2.45, 2.75) is 13.1 Å². The van der Waals surface area contributed by atoms with Gasteiger partial charge in [0.25, 0.3) is 0 Å². The molecule has 4 heteroatoms. The van der Waals surface area contributed by atoms with Crippen LogP contribution in [0.1, 0.15) is 5.56 Å². The van der Waals surface area contributed by atoms with E-state index in [9.17, 15) is 13.2 Å². The number of halogens is 3. The Morgan fingerprint density at radius 3 is 2.25 bits per heavy atom. The minimum Gasteiger partial charge on any atom is -0.207 e. The Kier molecular flexibility index (Phi) is 2.79. The van der Waals surface area contributed by atoms with E-state index in [2.05, 4.69) is 0 Å². The zero-order valence-corrected chi connectivity index (χ0v) is 6.70. The molecule has 0 nitrogen and oxygen atoms in total. The molecule has 0 radical (unpaired) electrons. The second-order valence-electron chi connectivity index (χ2n) is 2.61. The molecule has 1 aromatic carbocycles. The lowest BCUT2D eigenvalue weighted by Crippen LogP contribution is -1.98. The van der Waals surface area contributed by atoms with E-state index >= 15 is 0 Å². The molecule has 0 bridgehead atoms. The fourth-order valence-electron chi connectivity index (χ4n) is 1.02. The van der Waals surface area contributed by atoms with E-state index in [4.69, 9.17) is 0 Å². The van der Waals surface area contributed by atoms with E-state index in [-0.39, 0.29) is 5.56 Å². The lowest BCUT2D eigenvalue weighted by molar-refractivity contribution is 0.491. The highest BCUT2D eigenvalue weighted by molar-refractivity contribution is 6.32. The molecule has 0 aromatic heterocycles. The van der Waals surface area contributed by atoms with Crippen LogP contribution >= 0.6 is 0 Å². The first-order valence-corrected chi connectivity index (χ1v) is 3.78. The second-order valence-corrected chi connectivity index (χ2v) is 2.61. The lowest BCUT2D eigenvalue weighted by Gasteiger charge is -2.00. The van der Waals surface area contributed by atoms with Crippen LogP contribution in [0.2, 0.25) is 6.82 Å². The van der Waals surface area contributed by atoms with Crippen molar-refractivity contribution >= 4 is 7.28 Å². The van der Waals surface area contributed by atoms with E-state index in [1.54, 1.807) is 0 Å². The van der Waals surface area contributed by atoms with Gasteiger partial charge in [0.1, 0.15) is 13.1 Å². The predicted octanol–water partition coefficient (Wildman–Crippen LogP) is 2.09. The summed E-state index contributed by atoms with van der Waals surface area (Å²) in [4.78, 5) is 0. The van der Waals surface area contributed by atoms with Crippen molar-refractivity contribution in [1.82, 2.24) is 0 Å². The van der Waals surface area contributed by atoms with Crippen LogP contribution in [0.3, 0.4) is 0 Å². The van der Waals surface area contributed by atoms with Crippen LogP contribution in [0.15, 0.2) is 12.1 Å². The SMILES string of the molecule is CBCc1cc(F)c(F)cc1F. The topological polar surface area (TPSA) is 0 Å². The molecular formula is C8H8BF3.